The van der Waals surface area contributed by atoms with E-state index in [-0.39, 0.29) is 0 Å². The molecule has 1 aliphatic rings. The van der Waals surface area contributed by atoms with Crippen molar-refractivity contribution in [2.24, 2.45) is 0 Å². The molecule has 3 heteroatoms. The van der Waals surface area contributed by atoms with Crippen LogP contribution in [0.25, 0.3) is 0 Å². The second-order valence-corrected chi connectivity index (χ2v) is 20.7. The van der Waals surface area contributed by atoms with Crippen LogP contribution in [0.4, 0.5) is 0 Å². The van der Waals surface area contributed by atoms with Crippen LogP contribution >= 0.6 is 0 Å². The number of unbranched alkanes of at least 4 members (excludes halogenated alkanes) is 3. The molecule has 1 fully saturated rings. The molecule has 1 saturated carbocycles. The van der Waals surface area contributed by atoms with Gasteiger partial charge in [-0.1, -0.05) is 0 Å². The van der Waals surface area contributed by atoms with Crippen molar-refractivity contribution in [3.8, 4) is 0 Å². The Morgan fingerprint density at radius 2 is 1.52 bits per heavy atom. The summed E-state index contributed by atoms with van der Waals surface area (Å²) in [7, 11) is 4.27. The van der Waals surface area contributed by atoms with Gasteiger partial charge in [-0.2, -0.15) is 0 Å². The van der Waals surface area contributed by atoms with Gasteiger partial charge in [0.05, 0.1) is 0 Å². The van der Waals surface area contributed by atoms with Gasteiger partial charge in [0.1, 0.15) is 0 Å². The zero-order valence-electron chi connectivity index (χ0n) is 16.6. The van der Waals surface area contributed by atoms with Crippen LogP contribution in [-0.2, 0) is 0 Å². The molecule has 1 aliphatic carbocycles. The molecule has 0 amide bonds. The second-order valence-electron chi connectivity index (χ2n) is 7.86. The minimum atomic E-state index is -2.11. The first-order chi connectivity index (χ1) is 11.1. The van der Waals surface area contributed by atoms with Gasteiger partial charge in [0.2, 0.25) is 0 Å². The van der Waals surface area contributed by atoms with E-state index in [0.29, 0.717) is 6.04 Å². The Hall–Kier alpha value is 0.459. The van der Waals surface area contributed by atoms with Gasteiger partial charge in [-0.15, -0.1) is 0 Å². The van der Waals surface area contributed by atoms with Gasteiger partial charge in [0, 0.05) is 0 Å². The first kappa shape index (κ1) is 21.5. The van der Waals surface area contributed by atoms with Crippen molar-refractivity contribution >= 4 is 18.4 Å². The molecule has 2 nitrogen and oxygen atoms in total. The molecular formula is C20H42N2Sn. The maximum absolute atomic E-state index is 3.68. The van der Waals surface area contributed by atoms with E-state index >= 15 is 0 Å². The van der Waals surface area contributed by atoms with E-state index in [2.05, 4.69) is 49.4 Å². The van der Waals surface area contributed by atoms with Crippen molar-refractivity contribution in [3.63, 3.8) is 0 Å². The molecule has 0 aromatic carbocycles. The molecule has 23 heavy (non-hydrogen) atoms. The summed E-state index contributed by atoms with van der Waals surface area (Å²) in [5.74, 6) is 0. The van der Waals surface area contributed by atoms with Gasteiger partial charge in [0.25, 0.3) is 0 Å². The third-order valence-corrected chi connectivity index (χ3v) is 19.8. The molecule has 0 spiro atoms. The van der Waals surface area contributed by atoms with Crippen LogP contribution in [0.5, 0.6) is 0 Å². The van der Waals surface area contributed by atoms with Crippen molar-refractivity contribution in [2.45, 2.75) is 97.9 Å². The van der Waals surface area contributed by atoms with Crippen LogP contribution < -0.4 is 5.43 Å². The average molecular weight is 429 g/mol. The topological polar surface area (TPSA) is 15.3 Å². The third kappa shape index (κ3) is 7.92. The molecule has 0 aromatic heterocycles. The van der Waals surface area contributed by atoms with Crippen molar-refractivity contribution in [1.82, 2.24) is 10.4 Å². The summed E-state index contributed by atoms with van der Waals surface area (Å²) in [6.45, 7) is 7.11. The summed E-state index contributed by atoms with van der Waals surface area (Å²) in [5.41, 5.74) is 5.47. The van der Waals surface area contributed by atoms with Gasteiger partial charge in [-0.05, 0) is 0 Å². The molecule has 0 heterocycles. The van der Waals surface area contributed by atoms with Crippen molar-refractivity contribution in [2.75, 3.05) is 14.1 Å². The number of nitrogens with zero attached hydrogens (tertiary/aromatic N) is 1. The Labute approximate surface area is 150 Å². The summed E-state index contributed by atoms with van der Waals surface area (Å²) in [5, 5.41) is 2.16. The first-order valence-electron chi connectivity index (χ1n) is 10.2. The standard InChI is InChI=1S/C8H15N2.3C4H9.Sn/c1-7-5-4-6-8(7)9-10(2)3;3*1-3-4-2;/h1,8-9H,4-6H2,2-3H3;3*1,3-4H2,2H3;. The molecule has 1 atom stereocenters. The Kier molecular flexibility index (Phi) is 11.1. The van der Waals surface area contributed by atoms with Gasteiger partial charge < -0.3 is 0 Å². The summed E-state index contributed by atoms with van der Waals surface area (Å²) in [6, 6.07) is 0.631. The normalized spacial score (nSPS) is 20.8. The zero-order valence-corrected chi connectivity index (χ0v) is 19.4. The predicted molar refractivity (Wildman–Crippen MR) is 107 cm³/mol. The SMILES string of the molecule is CCC[CH2][Sn](/[CH]=C1/CCCC1NN(C)C)([CH2]CCC)[CH2]CCC. The molecule has 0 radical (unpaired) electrons. The average Bonchev–Trinajstić information content (AvgIpc) is 2.94. The number of hydrogen-bond donors (Lipinski definition) is 1. The molecule has 0 saturated heterocycles. The molecule has 1 N–H and O–H groups in total. The van der Waals surface area contributed by atoms with Gasteiger partial charge in [-0.3, -0.25) is 0 Å². The van der Waals surface area contributed by atoms with E-state index < -0.39 is 18.4 Å². The van der Waals surface area contributed by atoms with Crippen LogP contribution in [0.15, 0.2) is 9.67 Å². The van der Waals surface area contributed by atoms with E-state index in [9.17, 15) is 0 Å². The zero-order chi connectivity index (χ0) is 17.1. The molecule has 0 aromatic rings. The molecule has 1 rings (SSSR count). The van der Waals surface area contributed by atoms with Crippen LogP contribution in [0.1, 0.15) is 78.6 Å². The van der Waals surface area contributed by atoms with Crippen molar-refractivity contribution < 1.29 is 0 Å². The number of nitrogens with one attached hydrogen (secondary N) is 1. The number of hydrogen-bond acceptors (Lipinski definition) is 2. The molecule has 0 bridgehead atoms. The summed E-state index contributed by atoms with van der Waals surface area (Å²) < 4.78 is 7.76. The molecule has 136 valence electrons. The summed E-state index contributed by atoms with van der Waals surface area (Å²) in [4.78, 5) is 0. The summed E-state index contributed by atoms with van der Waals surface area (Å²) in [6.07, 6.45) is 12.6. The van der Waals surface area contributed by atoms with Gasteiger partial charge in [0.15, 0.2) is 0 Å². The van der Waals surface area contributed by atoms with Gasteiger partial charge >= 0.3 is 150 Å². The van der Waals surface area contributed by atoms with E-state index in [0.717, 1.165) is 0 Å². The minimum absolute atomic E-state index is 0.631. The van der Waals surface area contributed by atoms with Crippen LogP contribution in [0.2, 0.25) is 13.3 Å². The number of rotatable bonds is 12. The van der Waals surface area contributed by atoms with Gasteiger partial charge in [-0.25, -0.2) is 0 Å². The Morgan fingerprint density at radius 1 is 1.00 bits per heavy atom. The number of hydrazine groups is 1. The third-order valence-electron chi connectivity index (χ3n) is 5.40. The monoisotopic (exact) mass is 430 g/mol. The van der Waals surface area contributed by atoms with Crippen LogP contribution in [-0.4, -0.2) is 43.5 Å². The van der Waals surface area contributed by atoms with E-state index in [1.54, 1.807) is 18.9 Å². The fraction of sp³-hybridized carbons (Fsp3) is 0.900. The fourth-order valence-electron chi connectivity index (χ4n) is 4.07. The quantitative estimate of drug-likeness (QED) is 0.306. The fourth-order valence-corrected chi connectivity index (χ4v) is 19.7. The van der Waals surface area contributed by atoms with Crippen LogP contribution in [0.3, 0.4) is 0 Å². The molecular weight excluding hydrogens is 387 g/mol. The van der Waals surface area contributed by atoms with Crippen LogP contribution in [0, 0.1) is 0 Å². The Balaban J connectivity index is 2.95. The second kappa shape index (κ2) is 11.9. The maximum atomic E-state index is 3.68. The van der Waals surface area contributed by atoms with Crippen molar-refractivity contribution in [1.29, 1.82) is 0 Å². The molecule has 0 aliphatic heterocycles. The van der Waals surface area contributed by atoms with Crippen molar-refractivity contribution in [3.05, 3.63) is 9.67 Å². The van der Waals surface area contributed by atoms with E-state index in [1.807, 2.05) is 0 Å². The predicted octanol–water partition coefficient (Wildman–Crippen LogP) is 5.92. The Morgan fingerprint density at radius 3 is 1.96 bits per heavy atom. The summed E-state index contributed by atoms with van der Waals surface area (Å²) >= 11 is -2.11. The molecule has 1 unspecified atom stereocenters. The first-order valence-corrected chi connectivity index (χ1v) is 17.9. The van der Waals surface area contributed by atoms with E-state index in [4.69, 9.17) is 0 Å². The Bertz CT molecular complexity index is 317. The van der Waals surface area contributed by atoms with E-state index in [1.165, 1.54) is 57.8 Å².